The maximum atomic E-state index is 11.8. The van der Waals surface area contributed by atoms with Gasteiger partial charge in [0.25, 0.3) is 0 Å². The van der Waals surface area contributed by atoms with Crippen LogP contribution in [0.3, 0.4) is 0 Å². The number of nitrogens with zero attached hydrogens (tertiary/aromatic N) is 1. The van der Waals surface area contributed by atoms with Crippen LogP contribution in [0.25, 0.3) is 0 Å². The molecule has 86 valence electrons. The summed E-state index contributed by atoms with van der Waals surface area (Å²) in [6.45, 7) is 6.77. The van der Waals surface area contributed by atoms with E-state index in [2.05, 4.69) is 19.2 Å². The molecular formula is C12H22N2O. The van der Waals surface area contributed by atoms with Crippen LogP contribution in [-0.4, -0.2) is 36.5 Å². The Morgan fingerprint density at radius 1 is 1.47 bits per heavy atom. The summed E-state index contributed by atoms with van der Waals surface area (Å²) in [6, 6.07) is 0.559. The summed E-state index contributed by atoms with van der Waals surface area (Å²) in [5, 5.41) is 3.28. The average molecular weight is 210 g/mol. The van der Waals surface area contributed by atoms with Gasteiger partial charge < -0.3 is 10.2 Å². The molecule has 0 radical (unpaired) electrons. The van der Waals surface area contributed by atoms with Crippen LogP contribution in [0.2, 0.25) is 0 Å². The molecule has 2 saturated carbocycles. The van der Waals surface area contributed by atoms with Crippen LogP contribution in [-0.2, 0) is 4.79 Å². The Labute approximate surface area is 92.2 Å². The first-order chi connectivity index (χ1) is 7.22. The van der Waals surface area contributed by atoms with E-state index in [0.717, 1.165) is 24.9 Å². The zero-order valence-electron chi connectivity index (χ0n) is 9.83. The number of nitrogens with one attached hydrogen (secondary N) is 1. The Balaban J connectivity index is 1.62. The van der Waals surface area contributed by atoms with E-state index in [9.17, 15) is 4.79 Å². The lowest BCUT2D eigenvalue weighted by Gasteiger charge is -2.20. The highest BCUT2D eigenvalue weighted by Gasteiger charge is 2.33. The monoisotopic (exact) mass is 210 g/mol. The molecule has 0 aromatic carbocycles. The van der Waals surface area contributed by atoms with Gasteiger partial charge in [-0.1, -0.05) is 6.92 Å². The summed E-state index contributed by atoms with van der Waals surface area (Å²) >= 11 is 0. The van der Waals surface area contributed by atoms with Crippen LogP contribution in [0.15, 0.2) is 0 Å². The van der Waals surface area contributed by atoms with Gasteiger partial charge in [0, 0.05) is 12.6 Å². The largest absolute Gasteiger partial charge is 0.339 e. The van der Waals surface area contributed by atoms with Crippen molar-refractivity contribution in [3.8, 4) is 0 Å². The van der Waals surface area contributed by atoms with Gasteiger partial charge in [-0.2, -0.15) is 0 Å². The lowest BCUT2D eigenvalue weighted by atomic mass is 10.3. The Bertz CT molecular complexity index is 238. The summed E-state index contributed by atoms with van der Waals surface area (Å²) in [5.41, 5.74) is 0. The second-order valence-electron chi connectivity index (χ2n) is 5.01. The molecule has 3 heteroatoms. The third kappa shape index (κ3) is 2.94. The van der Waals surface area contributed by atoms with Crippen molar-refractivity contribution in [3.63, 3.8) is 0 Å². The van der Waals surface area contributed by atoms with E-state index in [4.69, 9.17) is 0 Å². The van der Waals surface area contributed by atoms with E-state index < -0.39 is 0 Å². The maximum absolute atomic E-state index is 11.8. The average Bonchev–Trinajstić information content (AvgIpc) is 3.07. The zero-order chi connectivity index (χ0) is 10.8. The minimum atomic E-state index is 0.285. The van der Waals surface area contributed by atoms with Crippen molar-refractivity contribution >= 4 is 5.91 Å². The molecule has 2 unspecified atom stereocenters. The molecule has 15 heavy (non-hydrogen) atoms. The molecule has 2 atom stereocenters. The van der Waals surface area contributed by atoms with Crippen LogP contribution in [0.5, 0.6) is 0 Å². The van der Waals surface area contributed by atoms with Gasteiger partial charge in [0.05, 0.1) is 6.54 Å². The van der Waals surface area contributed by atoms with E-state index in [1.807, 2.05) is 4.90 Å². The van der Waals surface area contributed by atoms with E-state index >= 15 is 0 Å². The molecule has 2 aliphatic carbocycles. The lowest BCUT2D eigenvalue weighted by molar-refractivity contribution is -0.130. The van der Waals surface area contributed by atoms with Crippen molar-refractivity contribution in [2.45, 2.75) is 39.2 Å². The summed E-state index contributed by atoms with van der Waals surface area (Å²) in [5.74, 6) is 1.99. The molecular weight excluding hydrogens is 188 g/mol. The smallest absolute Gasteiger partial charge is 0.236 e. The summed E-state index contributed by atoms with van der Waals surface area (Å²) in [7, 11) is 0. The molecule has 1 amide bonds. The van der Waals surface area contributed by atoms with Crippen molar-refractivity contribution in [1.29, 1.82) is 0 Å². The Hall–Kier alpha value is -0.570. The number of hydrogen-bond donors (Lipinski definition) is 1. The molecule has 2 rings (SSSR count). The second-order valence-corrected chi connectivity index (χ2v) is 5.01. The van der Waals surface area contributed by atoms with Crippen molar-refractivity contribution in [3.05, 3.63) is 0 Å². The standard InChI is InChI=1S/C12H22N2O/c1-3-14(11-4-5-11)12(15)8-13-7-10-6-9(10)2/h9-11,13H,3-8H2,1-2H3. The van der Waals surface area contributed by atoms with Gasteiger partial charge in [0.1, 0.15) is 0 Å². The van der Waals surface area contributed by atoms with Crippen molar-refractivity contribution in [2.75, 3.05) is 19.6 Å². The predicted octanol–water partition coefficient (Wildman–Crippen LogP) is 1.24. The van der Waals surface area contributed by atoms with Gasteiger partial charge in [-0.05, 0) is 44.6 Å². The highest BCUT2D eigenvalue weighted by molar-refractivity contribution is 5.78. The second kappa shape index (κ2) is 4.52. The maximum Gasteiger partial charge on any atom is 0.236 e. The zero-order valence-corrected chi connectivity index (χ0v) is 9.83. The van der Waals surface area contributed by atoms with Crippen LogP contribution in [0.1, 0.15) is 33.1 Å². The van der Waals surface area contributed by atoms with E-state index in [1.165, 1.54) is 19.3 Å². The first-order valence-corrected chi connectivity index (χ1v) is 6.22. The van der Waals surface area contributed by atoms with Gasteiger partial charge in [-0.3, -0.25) is 4.79 Å². The molecule has 0 aromatic rings. The third-order valence-corrected chi connectivity index (χ3v) is 3.61. The fraction of sp³-hybridized carbons (Fsp3) is 0.917. The van der Waals surface area contributed by atoms with Gasteiger partial charge in [-0.25, -0.2) is 0 Å². The number of hydrogen-bond acceptors (Lipinski definition) is 2. The number of likely N-dealkylation sites (N-methyl/N-ethyl adjacent to an activating group) is 1. The normalized spacial score (nSPS) is 28.9. The quantitative estimate of drug-likeness (QED) is 0.715. The number of amides is 1. The van der Waals surface area contributed by atoms with Crippen molar-refractivity contribution in [1.82, 2.24) is 10.2 Å². The number of rotatable bonds is 6. The molecule has 0 bridgehead atoms. The fourth-order valence-corrected chi connectivity index (χ4v) is 2.17. The molecule has 0 aliphatic heterocycles. The minimum Gasteiger partial charge on any atom is -0.339 e. The Morgan fingerprint density at radius 3 is 2.60 bits per heavy atom. The van der Waals surface area contributed by atoms with Gasteiger partial charge in [0.15, 0.2) is 0 Å². The summed E-state index contributed by atoms with van der Waals surface area (Å²) in [6.07, 6.45) is 3.75. The molecule has 2 fully saturated rings. The molecule has 0 heterocycles. The van der Waals surface area contributed by atoms with Crippen LogP contribution >= 0.6 is 0 Å². The SMILES string of the molecule is CCN(C(=O)CNCC1CC1C)C1CC1. The van der Waals surface area contributed by atoms with Gasteiger partial charge in [-0.15, -0.1) is 0 Å². The van der Waals surface area contributed by atoms with Crippen LogP contribution < -0.4 is 5.32 Å². The van der Waals surface area contributed by atoms with Crippen molar-refractivity contribution < 1.29 is 4.79 Å². The van der Waals surface area contributed by atoms with E-state index in [-0.39, 0.29) is 5.91 Å². The fourth-order valence-electron chi connectivity index (χ4n) is 2.17. The van der Waals surface area contributed by atoms with Crippen molar-refractivity contribution in [2.24, 2.45) is 11.8 Å². The molecule has 1 N–H and O–H groups in total. The Kier molecular flexibility index (Phi) is 3.29. The molecule has 0 aromatic heterocycles. The summed E-state index contributed by atoms with van der Waals surface area (Å²) < 4.78 is 0. The molecule has 0 spiro atoms. The van der Waals surface area contributed by atoms with E-state index in [1.54, 1.807) is 0 Å². The number of carbonyl (C=O) groups is 1. The molecule has 3 nitrogen and oxygen atoms in total. The highest BCUT2D eigenvalue weighted by atomic mass is 16.2. The number of carbonyl (C=O) groups excluding carboxylic acids is 1. The first kappa shape index (κ1) is 10.9. The minimum absolute atomic E-state index is 0.285. The van der Waals surface area contributed by atoms with E-state index in [0.29, 0.717) is 12.6 Å². The topological polar surface area (TPSA) is 32.3 Å². The predicted molar refractivity (Wildman–Crippen MR) is 60.5 cm³/mol. The van der Waals surface area contributed by atoms with Gasteiger partial charge >= 0.3 is 0 Å². The lowest BCUT2D eigenvalue weighted by Crippen LogP contribution is -2.40. The highest BCUT2D eigenvalue weighted by Crippen LogP contribution is 2.36. The van der Waals surface area contributed by atoms with Crippen LogP contribution in [0, 0.1) is 11.8 Å². The Morgan fingerprint density at radius 2 is 2.13 bits per heavy atom. The molecule has 0 saturated heterocycles. The third-order valence-electron chi connectivity index (χ3n) is 3.61. The first-order valence-electron chi connectivity index (χ1n) is 6.22. The molecule has 2 aliphatic rings. The summed E-state index contributed by atoms with van der Waals surface area (Å²) in [4.78, 5) is 13.8. The van der Waals surface area contributed by atoms with Crippen LogP contribution in [0.4, 0.5) is 0 Å². The van der Waals surface area contributed by atoms with Gasteiger partial charge in [0.2, 0.25) is 5.91 Å².